The monoisotopic (exact) mass is 733 g/mol. The van der Waals surface area contributed by atoms with Crippen molar-refractivity contribution in [3.63, 3.8) is 0 Å². The van der Waals surface area contributed by atoms with E-state index in [1.165, 1.54) is 82.0 Å². The molecule has 256 valence electrons. The molecule has 2 aromatic carbocycles. The Morgan fingerprint density at radius 1 is 0.896 bits per heavy atom. The Balaban J connectivity index is 1.10. The van der Waals surface area contributed by atoms with Gasteiger partial charge in [0.05, 0.1) is 33.8 Å². The summed E-state index contributed by atoms with van der Waals surface area (Å²) in [4.78, 5) is 18.2. The predicted octanol–water partition coefficient (Wildman–Crippen LogP) is 8.75. The largest absolute Gasteiger partial charge is 0.495 e. The Morgan fingerprint density at radius 3 is 2.29 bits per heavy atom. The van der Waals surface area contributed by atoms with Gasteiger partial charge in [-0.3, -0.25) is 9.97 Å². The number of aryl methyl sites for hydroxylation is 2. The maximum atomic E-state index is 13.4. The lowest BCUT2D eigenvalue weighted by atomic mass is 9.76. The van der Waals surface area contributed by atoms with Crippen LogP contribution in [0.25, 0.3) is 11.0 Å². The Kier molecular flexibility index (Phi) is 11.3. The van der Waals surface area contributed by atoms with Crippen LogP contribution in [0.4, 0.5) is 23.1 Å². The zero-order valence-electron chi connectivity index (χ0n) is 28.7. The van der Waals surface area contributed by atoms with E-state index in [4.69, 9.17) is 9.72 Å². The average Bonchev–Trinajstić information content (AvgIpc) is 3.08. The van der Waals surface area contributed by atoms with Crippen molar-refractivity contribution in [2.45, 2.75) is 71.1 Å². The van der Waals surface area contributed by atoms with Crippen molar-refractivity contribution >= 4 is 62.6 Å². The van der Waals surface area contributed by atoms with Gasteiger partial charge in [0.2, 0.25) is 5.95 Å². The molecule has 0 radical (unpaired) electrons. The number of rotatable bonds is 12. The number of nitrogens with one attached hydrogen (secondary N) is 3. The van der Waals surface area contributed by atoms with Crippen LogP contribution in [0, 0.1) is 24.7 Å². The van der Waals surface area contributed by atoms with Crippen molar-refractivity contribution in [2.75, 3.05) is 44.2 Å². The summed E-state index contributed by atoms with van der Waals surface area (Å²) in [7, 11) is -1.02. The van der Waals surface area contributed by atoms with E-state index in [9.17, 15) is 4.57 Å². The maximum absolute atomic E-state index is 13.4. The van der Waals surface area contributed by atoms with Gasteiger partial charge in [-0.15, -0.1) is 0 Å². The van der Waals surface area contributed by atoms with Gasteiger partial charge in [0, 0.05) is 18.6 Å². The highest BCUT2D eigenvalue weighted by Gasteiger charge is 2.24. The number of hydrogen-bond donors (Lipinski definition) is 3. The first kappa shape index (κ1) is 34.8. The summed E-state index contributed by atoms with van der Waals surface area (Å²) in [6, 6.07) is 8.05. The highest BCUT2D eigenvalue weighted by atomic mass is 79.9. The van der Waals surface area contributed by atoms with E-state index in [2.05, 4.69) is 65.9 Å². The number of ether oxygens (including phenoxy) is 1. The van der Waals surface area contributed by atoms with Crippen LogP contribution < -0.4 is 26.0 Å². The standard InChI is InChI=1S/C37H49BrN7O2P/c1-24-21-32(33(47-2)22-28(24)12-11-26-7-5-25(6-8-26)9-10-27-15-17-39-18-16-27)44-37-42-23-29(38)36(45-37)43-31-14-13-30-34(41-20-19-40-30)35(31)48(3,4)46/h13-14,19-23,25-27,39H,5-12,15-18H2,1-4H3,(H2,42,43,44,45). The molecule has 48 heavy (non-hydrogen) atoms. The minimum Gasteiger partial charge on any atom is -0.495 e. The molecule has 0 bridgehead atoms. The molecule has 6 rings (SSSR count). The summed E-state index contributed by atoms with van der Waals surface area (Å²) < 4.78 is 19.9. The van der Waals surface area contributed by atoms with E-state index in [0.29, 0.717) is 38.3 Å². The normalized spacial score (nSPS) is 18.9. The Bertz CT molecular complexity index is 1770. The molecule has 9 nitrogen and oxygen atoms in total. The van der Waals surface area contributed by atoms with E-state index in [0.717, 1.165) is 35.6 Å². The summed E-state index contributed by atoms with van der Waals surface area (Å²) in [5.74, 6) is 4.43. The lowest BCUT2D eigenvalue weighted by Gasteiger charge is -2.30. The highest BCUT2D eigenvalue weighted by Crippen LogP contribution is 2.42. The second-order valence-electron chi connectivity index (χ2n) is 14.1. The molecule has 3 heterocycles. The van der Waals surface area contributed by atoms with Crippen LogP contribution in [0.5, 0.6) is 5.75 Å². The van der Waals surface area contributed by atoms with Gasteiger partial charge >= 0.3 is 0 Å². The van der Waals surface area contributed by atoms with E-state index in [-0.39, 0.29) is 0 Å². The SMILES string of the molecule is COc1cc(CCC2CCC(CCC3CCNCC3)CC2)c(C)cc1Nc1ncc(Br)c(Nc2ccc3nccnc3c2P(C)(C)=O)n1. The number of methoxy groups -OCH3 is 1. The fraction of sp³-hybridized carbons (Fsp3) is 0.514. The number of fused-ring (bicyclic) bond motifs is 1. The van der Waals surface area contributed by atoms with Crippen LogP contribution in [0.3, 0.4) is 0 Å². The molecule has 11 heteroatoms. The number of anilines is 4. The Labute approximate surface area is 293 Å². The smallest absolute Gasteiger partial charge is 0.229 e. The van der Waals surface area contributed by atoms with Gasteiger partial charge < -0.3 is 25.3 Å². The minimum atomic E-state index is -2.72. The number of nitrogens with zero attached hydrogens (tertiary/aromatic N) is 4. The third-order valence-corrected chi connectivity index (χ3v) is 12.4. The molecule has 0 amide bonds. The molecule has 1 aliphatic carbocycles. The van der Waals surface area contributed by atoms with E-state index in [1.807, 2.05) is 12.1 Å². The fourth-order valence-corrected chi connectivity index (χ4v) is 9.19. The number of halogens is 1. The lowest BCUT2D eigenvalue weighted by molar-refractivity contribution is 0.231. The number of benzene rings is 2. The predicted molar refractivity (Wildman–Crippen MR) is 201 cm³/mol. The molecule has 1 saturated carbocycles. The molecule has 1 aliphatic heterocycles. The number of aromatic nitrogens is 4. The summed E-state index contributed by atoms with van der Waals surface area (Å²) in [6.45, 7) is 8.07. The molecule has 0 atom stereocenters. The summed E-state index contributed by atoms with van der Waals surface area (Å²) >= 11 is 3.59. The molecule has 0 spiro atoms. The minimum absolute atomic E-state index is 0.418. The molecular formula is C37H49BrN7O2P. The van der Waals surface area contributed by atoms with Crippen LogP contribution in [0.1, 0.15) is 68.9 Å². The number of hydrogen-bond acceptors (Lipinski definition) is 9. The van der Waals surface area contributed by atoms with Gasteiger partial charge in [0.15, 0.2) is 0 Å². The third kappa shape index (κ3) is 8.55. The Morgan fingerprint density at radius 2 is 1.58 bits per heavy atom. The fourth-order valence-electron chi connectivity index (χ4n) is 7.51. The first-order chi connectivity index (χ1) is 23.2. The summed E-state index contributed by atoms with van der Waals surface area (Å²) in [5, 5.41) is 10.9. The molecule has 2 fully saturated rings. The zero-order valence-corrected chi connectivity index (χ0v) is 31.2. The van der Waals surface area contributed by atoms with Crippen molar-refractivity contribution in [2.24, 2.45) is 17.8 Å². The van der Waals surface area contributed by atoms with Crippen LogP contribution in [0.15, 0.2) is 47.3 Å². The maximum Gasteiger partial charge on any atom is 0.229 e. The second kappa shape index (κ2) is 15.6. The quantitative estimate of drug-likeness (QED) is 0.123. The molecular weight excluding hydrogens is 685 g/mol. The van der Waals surface area contributed by atoms with E-state index < -0.39 is 7.14 Å². The highest BCUT2D eigenvalue weighted by molar-refractivity contribution is 9.10. The third-order valence-electron chi connectivity index (χ3n) is 10.3. The van der Waals surface area contributed by atoms with Gasteiger partial charge in [-0.1, -0.05) is 38.5 Å². The van der Waals surface area contributed by atoms with Gasteiger partial charge in [-0.05, 0) is 128 Å². The topological polar surface area (TPSA) is 114 Å². The first-order valence-corrected chi connectivity index (χ1v) is 20.8. The first-order valence-electron chi connectivity index (χ1n) is 17.4. The van der Waals surface area contributed by atoms with Crippen LogP contribution in [-0.4, -0.2) is 53.5 Å². The van der Waals surface area contributed by atoms with Gasteiger partial charge in [0.25, 0.3) is 0 Å². The number of piperidine rings is 1. The van der Waals surface area contributed by atoms with Crippen molar-refractivity contribution < 1.29 is 9.30 Å². The van der Waals surface area contributed by atoms with E-state index in [1.54, 1.807) is 39.0 Å². The van der Waals surface area contributed by atoms with Crippen molar-refractivity contribution in [1.82, 2.24) is 25.3 Å². The average molecular weight is 735 g/mol. The summed E-state index contributed by atoms with van der Waals surface area (Å²) in [5.41, 5.74) is 5.37. The van der Waals surface area contributed by atoms with Gasteiger partial charge in [-0.25, -0.2) is 4.98 Å². The van der Waals surface area contributed by atoms with Crippen LogP contribution in [-0.2, 0) is 11.0 Å². The van der Waals surface area contributed by atoms with Crippen molar-refractivity contribution in [3.05, 3.63) is 58.5 Å². The molecule has 1 saturated heterocycles. The van der Waals surface area contributed by atoms with Gasteiger partial charge in [-0.2, -0.15) is 4.98 Å². The van der Waals surface area contributed by atoms with Crippen LogP contribution in [0.2, 0.25) is 0 Å². The molecule has 3 N–H and O–H groups in total. The van der Waals surface area contributed by atoms with Crippen molar-refractivity contribution in [1.29, 1.82) is 0 Å². The molecule has 2 aromatic heterocycles. The summed E-state index contributed by atoms with van der Waals surface area (Å²) in [6.07, 6.45) is 18.4. The second-order valence-corrected chi connectivity index (χ2v) is 18.1. The molecule has 0 unspecified atom stereocenters. The molecule has 2 aliphatic rings. The van der Waals surface area contributed by atoms with E-state index >= 15 is 0 Å². The lowest BCUT2D eigenvalue weighted by Crippen LogP contribution is -2.28. The van der Waals surface area contributed by atoms with Crippen molar-refractivity contribution in [3.8, 4) is 5.75 Å². The van der Waals surface area contributed by atoms with Gasteiger partial charge in [0.1, 0.15) is 24.2 Å². The Hall–Kier alpha value is -3.07. The van der Waals surface area contributed by atoms with Crippen LogP contribution >= 0.6 is 23.1 Å². The molecule has 4 aromatic rings. The zero-order chi connectivity index (χ0) is 33.7.